The Morgan fingerprint density at radius 1 is 0.952 bits per heavy atom. The molecule has 1 saturated carbocycles. The van der Waals surface area contributed by atoms with Gasteiger partial charge in [-0.05, 0) is 37.1 Å². The first-order valence-electron chi connectivity index (χ1n) is 7.57. The van der Waals surface area contributed by atoms with E-state index in [0.29, 0.717) is 24.0 Å². The van der Waals surface area contributed by atoms with Gasteiger partial charge in [0, 0.05) is 36.7 Å². The standard InChI is InChI=1S/C15H21BrN2O2S/c16-13-5-7-15(8-6-13)21(19,20)18-11-9-17(10-12-18)14-3-1-2-4-14/h5-8,14H,1-4,9-12H2. The predicted molar refractivity (Wildman–Crippen MR) is 86.7 cm³/mol. The highest BCUT2D eigenvalue weighted by Gasteiger charge is 2.31. The van der Waals surface area contributed by atoms with Crippen LogP contribution in [0.25, 0.3) is 0 Å². The smallest absolute Gasteiger partial charge is 0.243 e. The van der Waals surface area contributed by atoms with Crippen LogP contribution in [-0.4, -0.2) is 49.8 Å². The maximum atomic E-state index is 12.6. The molecule has 116 valence electrons. The van der Waals surface area contributed by atoms with E-state index in [1.54, 1.807) is 28.6 Å². The first-order chi connectivity index (χ1) is 10.1. The van der Waals surface area contributed by atoms with E-state index in [1.165, 1.54) is 25.7 Å². The molecule has 0 unspecified atom stereocenters. The second-order valence-corrected chi connectivity index (χ2v) is 8.69. The highest BCUT2D eigenvalue weighted by Crippen LogP contribution is 2.26. The lowest BCUT2D eigenvalue weighted by Gasteiger charge is -2.37. The molecule has 0 atom stereocenters. The Hall–Kier alpha value is -0.430. The van der Waals surface area contributed by atoms with Gasteiger partial charge < -0.3 is 0 Å². The molecular weight excluding hydrogens is 352 g/mol. The van der Waals surface area contributed by atoms with Crippen molar-refractivity contribution >= 4 is 26.0 Å². The summed E-state index contributed by atoms with van der Waals surface area (Å²) in [5, 5.41) is 0. The molecule has 0 N–H and O–H groups in total. The van der Waals surface area contributed by atoms with Crippen LogP contribution in [0.2, 0.25) is 0 Å². The third-order valence-corrected chi connectivity index (χ3v) is 7.01. The average Bonchev–Trinajstić information content (AvgIpc) is 3.02. The van der Waals surface area contributed by atoms with Crippen LogP contribution in [0.15, 0.2) is 33.6 Å². The minimum atomic E-state index is -3.34. The Labute approximate surface area is 135 Å². The quantitative estimate of drug-likeness (QED) is 0.818. The fourth-order valence-corrected chi connectivity index (χ4v) is 5.02. The SMILES string of the molecule is O=S(=O)(c1ccc(Br)cc1)N1CCN(C2CCCC2)CC1. The van der Waals surface area contributed by atoms with Gasteiger partial charge in [-0.15, -0.1) is 0 Å². The number of nitrogens with zero attached hydrogens (tertiary/aromatic N) is 2. The summed E-state index contributed by atoms with van der Waals surface area (Å²) in [6, 6.07) is 7.58. The number of benzene rings is 1. The van der Waals surface area contributed by atoms with E-state index in [4.69, 9.17) is 0 Å². The van der Waals surface area contributed by atoms with Crippen molar-refractivity contribution < 1.29 is 8.42 Å². The van der Waals surface area contributed by atoms with Crippen LogP contribution < -0.4 is 0 Å². The number of sulfonamides is 1. The number of piperazine rings is 1. The monoisotopic (exact) mass is 372 g/mol. The van der Waals surface area contributed by atoms with Gasteiger partial charge in [-0.3, -0.25) is 4.90 Å². The average molecular weight is 373 g/mol. The molecule has 0 bridgehead atoms. The topological polar surface area (TPSA) is 40.6 Å². The van der Waals surface area contributed by atoms with Gasteiger partial charge in [-0.25, -0.2) is 8.42 Å². The van der Waals surface area contributed by atoms with E-state index in [0.717, 1.165) is 17.6 Å². The molecule has 2 fully saturated rings. The summed E-state index contributed by atoms with van der Waals surface area (Å²) >= 11 is 3.34. The van der Waals surface area contributed by atoms with Gasteiger partial charge in [-0.1, -0.05) is 28.8 Å². The van der Waals surface area contributed by atoms with Crippen LogP contribution in [0.5, 0.6) is 0 Å². The van der Waals surface area contributed by atoms with Crippen LogP contribution in [-0.2, 0) is 10.0 Å². The highest BCUT2D eigenvalue weighted by atomic mass is 79.9. The summed E-state index contributed by atoms with van der Waals surface area (Å²) in [6.07, 6.45) is 5.20. The van der Waals surface area contributed by atoms with Crippen molar-refractivity contribution in [1.29, 1.82) is 0 Å². The summed E-state index contributed by atoms with van der Waals surface area (Å²) in [7, 11) is -3.34. The molecule has 4 nitrogen and oxygen atoms in total. The van der Waals surface area contributed by atoms with Crippen molar-refractivity contribution in [3.8, 4) is 0 Å². The Morgan fingerprint density at radius 3 is 2.10 bits per heavy atom. The molecule has 2 aliphatic rings. The van der Waals surface area contributed by atoms with E-state index in [-0.39, 0.29) is 0 Å². The maximum Gasteiger partial charge on any atom is 0.243 e. The summed E-state index contributed by atoms with van der Waals surface area (Å²) < 4.78 is 27.8. The molecule has 0 aromatic heterocycles. The van der Waals surface area contributed by atoms with E-state index in [9.17, 15) is 8.42 Å². The van der Waals surface area contributed by atoms with Crippen LogP contribution in [0.3, 0.4) is 0 Å². The van der Waals surface area contributed by atoms with Crippen LogP contribution in [0, 0.1) is 0 Å². The largest absolute Gasteiger partial charge is 0.298 e. The van der Waals surface area contributed by atoms with E-state index < -0.39 is 10.0 Å². The molecular formula is C15H21BrN2O2S. The number of hydrogen-bond acceptors (Lipinski definition) is 3. The summed E-state index contributed by atoms with van der Waals surface area (Å²) in [5.74, 6) is 0. The molecule has 0 spiro atoms. The van der Waals surface area contributed by atoms with Crippen molar-refractivity contribution in [2.45, 2.75) is 36.6 Å². The Balaban J connectivity index is 1.66. The third-order valence-electron chi connectivity index (χ3n) is 4.57. The van der Waals surface area contributed by atoms with Crippen molar-refractivity contribution in [2.75, 3.05) is 26.2 Å². The van der Waals surface area contributed by atoms with Crippen LogP contribution in [0.1, 0.15) is 25.7 Å². The molecule has 1 aromatic carbocycles. The summed E-state index contributed by atoms with van der Waals surface area (Å²) in [6.45, 7) is 2.94. The fourth-order valence-electron chi connectivity index (χ4n) is 3.33. The molecule has 1 heterocycles. The molecule has 1 aliphatic carbocycles. The fraction of sp³-hybridized carbons (Fsp3) is 0.600. The van der Waals surface area contributed by atoms with Crippen molar-refractivity contribution in [3.63, 3.8) is 0 Å². The number of hydrogen-bond donors (Lipinski definition) is 0. The van der Waals surface area contributed by atoms with Crippen molar-refractivity contribution in [1.82, 2.24) is 9.21 Å². The number of rotatable bonds is 3. The third kappa shape index (κ3) is 3.33. The van der Waals surface area contributed by atoms with Gasteiger partial charge in [0.05, 0.1) is 4.90 Å². The molecule has 0 radical (unpaired) electrons. The lowest BCUT2D eigenvalue weighted by Crippen LogP contribution is -2.51. The zero-order valence-electron chi connectivity index (χ0n) is 12.0. The van der Waals surface area contributed by atoms with E-state index in [2.05, 4.69) is 20.8 Å². The van der Waals surface area contributed by atoms with Gasteiger partial charge in [0.1, 0.15) is 0 Å². The molecule has 6 heteroatoms. The lowest BCUT2D eigenvalue weighted by molar-refractivity contribution is 0.139. The Morgan fingerprint density at radius 2 is 1.52 bits per heavy atom. The first kappa shape index (κ1) is 15.5. The Kier molecular flexibility index (Phi) is 4.69. The molecule has 3 rings (SSSR count). The minimum Gasteiger partial charge on any atom is -0.298 e. The number of halogens is 1. The minimum absolute atomic E-state index is 0.389. The van der Waals surface area contributed by atoms with Gasteiger partial charge in [-0.2, -0.15) is 4.31 Å². The van der Waals surface area contributed by atoms with Gasteiger partial charge >= 0.3 is 0 Å². The second-order valence-electron chi connectivity index (χ2n) is 5.83. The zero-order chi connectivity index (χ0) is 14.9. The van der Waals surface area contributed by atoms with Gasteiger partial charge in [0.2, 0.25) is 10.0 Å². The lowest BCUT2D eigenvalue weighted by atomic mass is 10.2. The van der Waals surface area contributed by atoms with E-state index >= 15 is 0 Å². The molecule has 1 saturated heterocycles. The van der Waals surface area contributed by atoms with Gasteiger partial charge in [0.15, 0.2) is 0 Å². The van der Waals surface area contributed by atoms with Gasteiger partial charge in [0.25, 0.3) is 0 Å². The molecule has 0 amide bonds. The molecule has 1 aromatic rings. The normalized spacial score (nSPS) is 22.7. The molecule has 1 aliphatic heterocycles. The molecule has 21 heavy (non-hydrogen) atoms. The van der Waals surface area contributed by atoms with Crippen molar-refractivity contribution in [2.24, 2.45) is 0 Å². The highest BCUT2D eigenvalue weighted by molar-refractivity contribution is 9.10. The van der Waals surface area contributed by atoms with Crippen molar-refractivity contribution in [3.05, 3.63) is 28.7 Å². The summed E-state index contributed by atoms with van der Waals surface area (Å²) in [4.78, 5) is 2.86. The maximum absolute atomic E-state index is 12.6. The summed E-state index contributed by atoms with van der Waals surface area (Å²) in [5.41, 5.74) is 0. The zero-order valence-corrected chi connectivity index (χ0v) is 14.4. The second kappa shape index (κ2) is 6.36. The predicted octanol–water partition coefficient (Wildman–Crippen LogP) is 2.70. The Bertz CT molecular complexity index is 574. The first-order valence-corrected chi connectivity index (χ1v) is 9.80. The van der Waals surface area contributed by atoms with E-state index in [1.807, 2.05) is 0 Å². The van der Waals surface area contributed by atoms with Crippen LogP contribution >= 0.6 is 15.9 Å². The van der Waals surface area contributed by atoms with Crippen LogP contribution in [0.4, 0.5) is 0 Å².